The van der Waals surface area contributed by atoms with Gasteiger partial charge in [-0.25, -0.2) is 4.79 Å². The van der Waals surface area contributed by atoms with Crippen LogP contribution < -0.4 is 0 Å². The number of benzene rings is 1. The largest absolute Gasteiger partial charge is 0.478 e. The second kappa shape index (κ2) is 5.50. The van der Waals surface area contributed by atoms with Gasteiger partial charge in [-0.3, -0.25) is 4.90 Å². The van der Waals surface area contributed by atoms with Crippen LogP contribution in [-0.2, 0) is 6.54 Å². The lowest BCUT2D eigenvalue weighted by atomic mass is 10.1. The van der Waals surface area contributed by atoms with Crippen LogP contribution in [0.1, 0.15) is 22.8 Å². The Morgan fingerprint density at radius 2 is 2.11 bits per heavy atom. The van der Waals surface area contributed by atoms with Crippen LogP contribution in [-0.4, -0.2) is 53.6 Å². The van der Waals surface area contributed by atoms with Gasteiger partial charge < -0.3 is 10.0 Å². The van der Waals surface area contributed by atoms with Crippen molar-refractivity contribution in [2.24, 2.45) is 0 Å². The summed E-state index contributed by atoms with van der Waals surface area (Å²) < 4.78 is 0. The number of carbonyl (C=O) groups is 1. The van der Waals surface area contributed by atoms with E-state index in [2.05, 4.69) is 23.8 Å². The molecule has 1 fully saturated rings. The first-order valence-corrected chi connectivity index (χ1v) is 6.31. The molecule has 4 heteroatoms. The quantitative estimate of drug-likeness (QED) is 0.881. The summed E-state index contributed by atoms with van der Waals surface area (Å²) in [6.07, 6.45) is 0. The monoisotopic (exact) mass is 248 g/mol. The van der Waals surface area contributed by atoms with Gasteiger partial charge in [0, 0.05) is 32.2 Å². The molecule has 18 heavy (non-hydrogen) atoms. The molecular formula is C14H20N2O2. The highest BCUT2D eigenvalue weighted by atomic mass is 16.4. The Labute approximate surface area is 108 Å². The molecule has 1 aliphatic heterocycles. The molecule has 4 nitrogen and oxygen atoms in total. The average Bonchev–Trinajstić information content (AvgIpc) is 2.34. The van der Waals surface area contributed by atoms with Crippen LogP contribution in [0.5, 0.6) is 0 Å². The van der Waals surface area contributed by atoms with Gasteiger partial charge in [-0.15, -0.1) is 0 Å². The van der Waals surface area contributed by atoms with Crippen molar-refractivity contribution >= 4 is 5.97 Å². The lowest BCUT2D eigenvalue weighted by molar-refractivity contribution is 0.0690. The first kappa shape index (κ1) is 13.1. The van der Waals surface area contributed by atoms with E-state index in [4.69, 9.17) is 5.11 Å². The Balaban J connectivity index is 2.08. The summed E-state index contributed by atoms with van der Waals surface area (Å²) in [4.78, 5) is 15.8. The minimum Gasteiger partial charge on any atom is -0.478 e. The average molecular weight is 248 g/mol. The van der Waals surface area contributed by atoms with Crippen LogP contribution in [0.4, 0.5) is 0 Å². The second-order valence-electron chi connectivity index (χ2n) is 5.03. The Bertz CT molecular complexity index is 434. The van der Waals surface area contributed by atoms with E-state index in [1.54, 1.807) is 12.1 Å². The van der Waals surface area contributed by atoms with Crippen LogP contribution in [0.3, 0.4) is 0 Å². The normalized spacial score (nSPS) is 22.0. The molecule has 1 heterocycles. The SMILES string of the molecule is CC1CN(Cc2ccccc2C(=O)O)CCN1C. The highest BCUT2D eigenvalue weighted by molar-refractivity contribution is 5.89. The molecule has 0 amide bonds. The van der Waals surface area contributed by atoms with Gasteiger partial charge in [0.2, 0.25) is 0 Å². The number of aromatic carboxylic acids is 1. The van der Waals surface area contributed by atoms with E-state index in [0.717, 1.165) is 31.7 Å². The topological polar surface area (TPSA) is 43.8 Å². The molecule has 1 atom stereocenters. The molecule has 1 aliphatic rings. The van der Waals surface area contributed by atoms with E-state index < -0.39 is 5.97 Å². The summed E-state index contributed by atoms with van der Waals surface area (Å²) in [5.74, 6) is -0.840. The van der Waals surface area contributed by atoms with Crippen LogP contribution >= 0.6 is 0 Å². The number of rotatable bonds is 3. The fourth-order valence-corrected chi connectivity index (χ4v) is 2.38. The standard InChI is InChI=1S/C14H20N2O2/c1-11-9-16(8-7-15(11)2)10-12-5-3-4-6-13(12)14(17)18/h3-6,11H,7-10H2,1-2H3,(H,17,18). The molecule has 1 unspecified atom stereocenters. The van der Waals surface area contributed by atoms with Crippen molar-refractivity contribution in [2.75, 3.05) is 26.7 Å². The first-order valence-electron chi connectivity index (χ1n) is 6.31. The Morgan fingerprint density at radius 1 is 1.39 bits per heavy atom. The number of hydrogen-bond donors (Lipinski definition) is 1. The molecular weight excluding hydrogens is 228 g/mol. The van der Waals surface area contributed by atoms with E-state index in [-0.39, 0.29) is 0 Å². The summed E-state index contributed by atoms with van der Waals surface area (Å²) in [7, 11) is 2.13. The van der Waals surface area contributed by atoms with Crippen LogP contribution in [0.25, 0.3) is 0 Å². The number of hydrogen-bond acceptors (Lipinski definition) is 3. The minimum absolute atomic E-state index is 0.420. The molecule has 98 valence electrons. The molecule has 0 aromatic heterocycles. The van der Waals surface area contributed by atoms with Crippen LogP contribution in [0.2, 0.25) is 0 Å². The Hall–Kier alpha value is -1.39. The predicted octanol–water partition coefficient (Wildman–Crippen LogP) is 1.52. The molecule has 0 bridgehead atoms. The lowest BCUT2D eigenvalue weighted by Crippen LogP contribution is -2.49. The van der Waals surface area contributed by atoms with E-state index in [1.165, 1.54) is 0 Å². The van der Waals surface area contributed by atoms with Crippen LogP contribution in [0, 0.1) is 0 Å². The van der Waals surface area contributed by atoms with Gasteiger partial charge in [0.15, 0.2) is 0 Å². The van der Waals surface area contributed by atoms with Crippen molar-refractivity contribution in [1.29, 1.82) is 0 Å². The van der Waals surface area contributed by atoms with Crippen molar-refractivity contribution in [1.82, 2.24) is 9.80 Å². The van der Waals surface area contributed by atoms with Gasteiger partial charge in [0.1, 0.15) is 0 Å². The predicted molar refractivity (Wildman–Crippen MR) is 70.8 cm³/mol. The zero-order valence-corrected chi connectivity index (χ0v) is 11.0. The fraction of sp³-hybridized carbons (Fsp3) is 0.500. The van der Waals surface area contributed by atoms with Crippen molar-refractivity contribution in [3.8, 4) is 0 Å². The van der Waals surface area contributed by atoms with Crippen molar-refractivity contribution in [3.05, 3.63) is 35.4 Å². The number of likely N-dealkylation sites (N-methyl/N-ethyl adjacent to an activating group) is 1. The fourth-order valence-electron chi connectivity index (χ4n) is 2.38. The summed E-state index contributed by atoms with van der Waals surface area (Å²) in [6.45, 7) is 5.95. The van der Waals surface area contributed by atoms with Crippen LogP contribution in [0.15, 0.2) is 24.3 Å². The highest BCUT2D eigenvalue weighted by Gasteiger charge is 2.21. The first-order chi connectivity index (χ1) is 8.58. The molecule has 0 aliphatic carbocycles. The second-order valence-corrected chi connectivity index (χ2v) is 5.03. The van der Waals surface area contributed by atoms with E-state index in [1.807, 2.05) is 12.1 Å². The Morgan fingerprint density at radius 3 is 2.78 bits per heavy atom. The molecule has 0 saturated carbocycles. The summed E-state index contributed by atoms with van der Waals surface area (Å²) in [5, 5.41) is 9.16. The summed E-state index contributed by atoms with van der Waals surface area (Å²) >= 11 is 0. The van der Waals surface area contributed by atoms with E-state index >= 15 is 0 Å². The Kier molecular flexibility index (Phi) is 3.99. The lowest BCUT2D eigenvalue weighted by Gasteiger charge is -2.37. The maximum absolute atomic E-state index is 11.2. The van der Waals surface area contributed by atoms with Crippen molar-refractivity contribution in [2.45, 2.75) is 19.5 Å². The third-order valence-corrected chi connectivity index (χ3v) is 3.69. The number of carboxylic acid groups (broad SMARTS) is 1. The maximum Gasteiger partial charge on any atom is 0.336 e. The highest BCUT2D eigenvalue weighted by Crippen LogP contribution is 2.15. The van der Waals surface area contributed by atoms with E-state index in [0.29, 0.717) is 11.6 Å². The summed E-state index contributed by atoms with van der Waals surface area (Å²) in [6, 6.07) is 7.79. The molecule has 1 aromatic rings. The van der Waals surface area contributed by atoms with Gasteiger partial charge in [-0.05, 0) is 25.6 Å². The van der Waals surface area contributed by atoms with Gasteiger partial charge in [-0.2, -0.15) is 0 Å². The third kappa shape index (κ3) is 2.89. The molecule has 1 N–H and O–H groups in total. The molecule has 1 aromatic carbocycles. The minimum atomic E-state index is -0.840. The van der Waals surface area contributed by atoms with Gasteiger partial charge in [-0.1, -0.05) is 18.2 Å². The number of carboxylic acids is 1. The van der Waals surface area contributed by atoms with Crippen molar-refractivity contribution in [3.63, 3.8) is 0 Å². The third-order valence-electron chi connectivity index (χ3n) is 3.69. The zero-order chi connectivity index (χ0) is 13.1. The molecule has 2 rings (SSSR count). The van der Waals surface area contributed by atoms with Gasteiger partial charge >= 0.3 is 5.97 Å². The number of nitrogens with zero attached hydrogens (tertiary/aromatic N) is 2. The molecule has 1 saturated heterocycles. The summed E-state index contributed by atoms with van der Waals surface area (Å²) in [5.41, 5.74) is 1.32. The van der Waals surface area contributed by atoms with Gasteiger partial charge in [0.25, 0.3) is 0 Å². The van der Waals surface area contributed by atoms with Gasteiger partial charge in [0.05, 0.1) is 5.56 Å². The van der Waals surface area contributed by atoms with Crippen molar-refractivity contribution < 1.29 is 9.90 Å². The smallest absolute Gasteiger partial charge is 0.336 e. The maximum atomic E-state index is 11.2. The number of piperazine rings is 1. The van der Waals surface area contributed by atoms with E-state index in [9.17, 15) is 4.79 Å². The molecule has 0 radical (unpaired) electrons. The zero-order valence-electron chi connectivity index (χ0n) is 11.0. The molecule has 0 spiro atoms.